The highest BCUT2D eigenvalue weighted by atomic mass is 32.2. The summed E-state index contributed by atoms with van der Waals surface area (Å²) in [6.07, 6.45) is 5.28. The maximum atomic E-state index is 12.6. The quantitative estimate of drug-likeness (QED) is 0.818. The molecule has 2 bridgehead atoms. The highest BCUT2D eigenvalue weighted by Crippen LogP contribution is 2.40. The van der Waals surface area contributed by atoms with Crippen LogP contribution in [-0.2, 0) is 0 Å². The van der Waals surface area contributed by atoms with Crippen molar-refractivity contribution in [3.63, 3.8) is 0 Å². The van der Waals surface area contributed by atoms with Crippen LogP contribution in [0.15, 0.2) is 16.3 Å². The zero-order valence-corrected chi connectivity index (χ0v) is 13.8. The Bertz CT molecular complexity index is 523. The first kappa shape index (κ1) is 16.2. The van der Waals surface area contributed by atoms with Gasteiger partial charge in [0.15, 0.2) is 0 Å². The normalized spacial score (nSPS) is 31.3. The lowest BCUT2D eigenvalue weighted by molar-refractivity contribution is 0.0757. The molecule has 2 fully saturated rings. The molecule has 1 heterocycles. The van der Waals surface area contributed by atoms with Crippen molar-refractivity contribution < 1.29 is 13.6 Å². The van der Waals surface area contributed by atoms with Crippen molar-refractivity contribution in [3.8, 4) is 0 Å². The van der Waals surface area contributed by atoms with Crippen LogP contribution in [0.25, 0.3) is 0 Å². The topological polar surface area (TPSA) is 55.1 Å². The summed E-state index contributed by atoms with van der Waals surface area (Å²) in [4.78, 5) is 13.3. The molecular weight excluding hydrogens is 326 g/mol. The molecule has 2 aliphatic carbocycles. The first-order valence-electron chi connectivity index (χ1n) is 7.63. The van der Waals surface area contributed by atoms with E-state index in [1.807, 2.05) is 0 Å². The summed E-state index contributed by atoms with van der Waals surface area (Å²) in [5.41, 5.74) is 6.09. The Balaban J connectivity index is 1.70. The number of nitrogens with one attached hydrogen (secondary N) is 1. The molecule has 0 saturated heterocycles. The van der Waals surface area contributed by atoms with Crippen molar-refractivity contribution in [2.75, 3.05) is 0 Å². The molecule has 3 N–H and O–H groups in total. The summed E-state index contributed by atoms with van der Waals surface area (Å²) in [5.74, 6) is -1.86. The predicted molar refractivity (Wildman–Crippen MR) is 85.5 cm³/mol. The van der Waals surface area contributed by atoms with E-state index >= 15 is 0 Å². The number of rotatable bonds is 4. The molecule has 2 aliphatic rings. The van der Waals surface area contributed by atoms with Crippen LogP contribution in [0.4, 0.5) is 8.78 Å². The molecule has 1 amide bonds. The second-order valence-corrected chi connectivity index (χ2v) is 8.12. The van der Waals surface area contributed by atoms with E-state index in [0.717, 1.165) is 25.7 Å². The molecule has 122 valence electrons. The zero-order valence-electron chi connectivity index (χ0n) is 12.1. The number of nitrogens with two attached hydrogens (primary N) is 1. The van der Waals surface area contributed by atoms with Gasteiger partial charge in [-0.25, -0.2) is 0 Å². The second-order valence-electron chi connectivity index (χ2n) is 6.17. The molecule has 1 aromatic rings. The van der Waals surface area contributed by atoms with Crippen molar-refractivity contribution >= 4 is 29.0 Å². The van der Waals surface area contributed by atoms with E-state index in [1.165, 1.54) is 17.8 Å². The van der Waals surface area contributed by atoms with Gasteiger partial charge in [0.05, 0.1) is 0 Å². The van der Waals surface area contributed by atoms with E-state index in [1.54, 1.807) is 11.4 Å². The number of halogens is 2. The van der Waals surface area contributed by atoms with Crippen LogP contribution in [0.3, 0.4) is 0 Å². The van der Waals surface area contributed by atoms with Gasteiger partial charge in [0.25, 0.3) is 11.7 Å². The lowest BCUT2D eigenvalue weighted by Crippen LogP contribution is -2.53. The van der Waals surface area contributed by atoms with Crippen LogP contribution in [0.5, 0.6) is 0 Å². The highest BCUT2D eigenvalue weighted by Gasteiger charge is 2.40. The van der Waals surface area contributed by atoms with Gasteiger partial charge in [0.1, 0.15) is 4.88 Å². The number of alkyl halides is 2. The summed E-state index contributed by atoms with van der Waals surface area (Å²) >= 11 is 1.67. The Hall–Kier alpha value is -0.660. The van der Waals surface area contributed by atoms with Crippen molar-refractivity contribution in [1.29, 1.82) is 0 Å². The van der Waals surface area contributed by atoms with Gasteiger partial charge < -0.3 is 11.1 Å². The standard InChI is InChI=1S/C15H20F2N2OS2/c16-15(17)22-11-4-5-21-13(11)14(20)19-12-8-2-1-3-9(12)7-10(18)6-8/h4-5,8-10,12,15H,1-3,6-7,18H2,(H,19,20). The van der Waals surface area contributed by atoms with Gasteiger partial charge in [0, 0.05) is 17.0 Å². The highest BCUT2D eigenvalue weighted by molar-refractivity contribution is 7.99. The fraction of sp³-hybridized carbons (Fsp3) is 0.667. The smallest absolute Gasteiger partial charge is 0.288 e. The average molecular weight is 346 g/mol. The molecule has 3 rings (SSSR count). The SMILES string of the molecule is NC1CC2CCCC(C1)C2NC(=O)c1sccc1SC(F)F. The fourth-order valence-electron chi connectivity index (χ4n) is 3.89. The summed E-state index contributed by atoms with van der Waals surface area (Å²) < 4.78 is 25.1. The van der Waals surface area contributed by atoms with Gasteiger partial charge in [-0.05, 0) is 49.0 Å². The van der Waals surface area contributed by atoms with Gasteiger partial charge >= 0.3 is 0 Å². The van der Waals surface area contributed by atoms with Gasteiger partial charge in [0.2, 0.25) is 0 Å². The van der Waals surface area contributed by atoms with Crippen molar-refractivity contribution in [2.45, 2.75) is 54.8 Å². The summed E-state index contributed by atoms with van der Waals surface area (Å²) in [7, 11) is 0. The number of amides is 1. The van der Waals surface area contributed by atoms with E-state index in [0.29, 0.717) is 33.4 Å². The first-order valence-corrected chi connectivity index (χ1v) is 9.39. The van der Waals surface area contributed by atoms with Gasteiger partial charge in [-0.15, -0.1) is 11.3 Å². The Kier molecular flexibility index (Phi) is 5.04. The maximum absolute atomic E-state index is 12.6. The van der Waals surface area contributed by atoms with E-state index in [4.69, 9.17) is 5.73 Å². The third kappa shape index (κ3) is 3.46. The number of hydrogen-bond acceptors (Lipinski definition) is 4. The summed E-state index contributed by atoms with van der Waals surface area (Å²) in [6.45, 7) is 0. The number of thioether (sulfide) groups is 1. The molecule has 22 heavy (non-hydrogen) atoms. The lowest BCUT2D eigenvalue weighted by Gasteiger charge is -2.45. The lowest BCUT2D eigenvalue weighted by atomic mass is 9.67. The third-order valence-electron chi connectivity index (χ3n) is 4.73. The molecule has 2 unspecified atom stereocenters. The van der Waals surface area contributed by atoms with E-state index in [2.05, 4.69) is 5.32 Å². The number of carbonyl (C=O) groups is 1. The molecule has 0 aliphatic heterocycles. The predicted octanol–water partition coefficient (Wildman–Crippen LogP) is 3.70. The van der Waals surface area contributed by atoms with Crippen molar-refractivity contribution in [1.82, 2.24) is 5.32 Å². The number of thiophene rings is 1. The maximum Gasteiger partial charge on any atom is 0.288 e. The number of fused-ring (bicyclic) bond motifs is 2. The van der Waals surface area contributed by atoms with Crippen molar-refractivity contribution in [3.05, 3.63) is 16.3 Å². The van der Waals surface area contributed by atoms with Gasteiger partial charge in [-0.3, -0.25) is 4.79 Å². The molecule has 2 saturated carbocycles. The third-order valence-corrected chi connectivity index (χ3v) is 6.54. The van der Waals surface area contributed by atoms with Gasteiger partial charge in [-0.2, -0.15) is 8.78 Å². The first-order chi connectivity index (χ1) is 10.5. The molecule has 0 spiro atoms. The largest absolute Gasteiger partial charge is 0.348 e. The van der Waals surface area contributed by atoms with Crippen LogP contribution < -0.4 is 11.1 Å². The minimum Gasteiger partial charge on any atom is -0.348 e. The van der Waals surface area contributed by atoms with E-state index in [-0.39, 0.29) is 18.0 Å². The van der Waals surface area contributed by atoms with Crippen LogP contribution in [0.2, 0.25) is 0 Å². The zero-order chi connectivity index (χ0) is 15.7. The van der Waals surface area contributed by atoms with Crippen molar-refractivity contribution in [2.24, 2.45) is 17.6 Å². The monoisotopic (exact) mass is 346 g/mol. The molecule has 3 nitrogen and oxygen atoms in total. The number of carbonyl (C=O) groups excluding carboxylic acids is 1. The average Bonchev–Trinajstić information content (AvgIpc) is 2.87. The number of hydrogen-bond donors (Lipinski definition) is 2. The molecule has 1 aromatic heterocycles. The van der Waals surface area contributed by atoms with E-state index in [9.17, 15) is 13.6 Å². The summed E-state index contributed by atoms with van der Waals surface area (Å²) in [5, 5.41) is 4.81. The molecular formula is C15H20F2N2OS2. The molecule has 7 heteroatoms. The van der Waals surface area contributed by atoms with Crippen LogP contribution in [0.1, 0.15) is 41.8 Å². The Labute approximate surface area is 137 Å². The summed E-state index contributed by atoms with van der Waals surface area (Å²) in [6, 6.07) is 1.97. The molecule has 2 atom stereocenters. The Morgan fingerprint density at radius 3 is 2.68 bits per heavy atom. The fourth-order valence-corrected chi connectivity index (χ4v) is 5.50. The minimum absolute atomic E-state index is 0.146. The van der Waals surface area contributed by atoms with Crippen LogP contribution >= 0.6 is 23.1 Å². The second kappa shape index (κ2) is 6.84. The van der Waals surface area contributed by atoms with Crippen LogP contribution in [0, 0.1) is 11.8 Å². The Morgan fingerprint density at radius 2 is 2.05 bits per heavy atom. The molecule has 0 radical (unpaired) electrons. The molecule has 0 aromatic carbocycles. The minimum atomic E-state index is -2.51. The van der Waals surface area contributed by atoms with Crippen LogP contribution in [-0.4, -0.2) is 23.7 Å². The van der Waals surface area contributed by atoms with Gasteiger partial charge in [-0.1, -0.05) is 18.2 Å². The van der Waals surface area contributed by atoms with E-state index < -0.39 is 5.76 Å². The Morgan fingerprint density at radius 1 is 1.36 bits per heavy atom.